The molecule has 0 aliphatic carbocycles. The summed E-state index contributed by atoms with van der Waals surface area (Å²) in [6, 6.07) is 4.25. The van der Waals surface area contributed by atoms with Crippen molar-refractivity contribution in [1.82, 2.24) is 14.5 Å². The van der Waals surface area contributed by atoms with Gasteiger partial charge < -0.3 is 10.2 Å². The van der Waals surface area contributed by atoms with Crippen molar-refractivity contribution in [2.24, 2.45) is 0 Å². The summed E-state index contributed by atoms with van der Waals surface area (Å²) in [6.07, 6.45) is 0.757. The number of likely N-dealkylation sites (N-methyl/N-ethyl adjacent to an activating group) is 1. The molecule has 0 radical (unpaired) electrons. The standard InChI is InChI=1S/C14H22FN3O2S/c1-16-11-12-4-5-13(15)14(10-12)21(19,20)18-7-3-6-17(2)8-9-18/h4-5,10,16H,3,6-9,11H2,1-2H3. The fraction of sp³-hybridized carbons (Fsp3) is 0.571. The van der Waals surface area contributed by atoms with Crippen molar-refractivity contribution in [2.45, 2.75) is 17.9 Å². The molecule has 0 bridgehead atoms. The maximum absolute atomic E-state index is 14.0. The second-order valence-corrected chi connectivity index (χ2v) is 7.26. The second kappa shape index (κ2) is 6.83. The Kier molecular flexibility index (Phi) is 5.32. The van der Waals surface area contributed by atoms with E-state index in [0.717, 1.165) is 18.5 Å². The third-order valence-electron chi connectivity index (χ3n) is 3.67. The number of nitrogens with zero attached hydrogens (tertiary/aromatic N) is 2. The average molecular weight is 315 g/mol. The zero-order valence-electron chi connectivity index (χ0n) is 12.5. The molecular weight excluding hydrogens is 293 g/mol. The molecular formula is C14H22FN3O2S. The Balaban J connectivity index is 2.32. The molecule has 1 aliphatic heterocycles. The average Bonchev–Trinajstić information content (AvgIpc) is 2.66. The van der Waals surface area contributed by atoms with Gasteiger partial charge in [-0.25, -0.2) is 12.8 Å². The minimum Gasteiger partial charge on any atom is -0.316 e. The Labute approximate surface area is 125 Å². The molecule has 1 N–H and O–H groups in total. The van der Waals surface area contributed by atoms with Crippen molar-refractivity contribution >= 4 is 10.0 Å². The van der Waals surface area contributed by atoms with E-state index >= 15 is 0 Å². The number of hydrogen-bond donors (Lipinski definition) is 1. The molecule has 7 heteroatoms. The van der Waals surface area contributed by atoms with Gasteiger partial charge in [0.25, 0.3) is 0 Å². The summed E-state index contributed by atoms with van der Waals surface area (Å²) in [6.45, 7) is 2.85. The molecule has 0 saturated carbocycles. The number of hydrogen-bond acceptors (Lipinski definition) is 4. The van der Waals surface area contributed by atoms with Crippen LogP contribution < -0.4 is 5.32 Å². The Morgan fingerprint density at radius 2 is 2.00 bits per heavy atom. The van der Waals surface area contributed by atoms with Crippen LogP contribution in [0.25, 0.3) is 0 Å². The van der Waals surface area contributed by atoms with Gasteiger partial charge in [0.1, 0.15) is 10.7 Å². The molecule has 0 aromatic heterocycles. The van der Waals surface area contributed by atoms with Crippen molar-refractivity contribution in [1.29, 1.82) is 0 Å². The molecule has 5 nitrogen and oxygen atoms in total. The van der Waals surface area contributed by atoms with Crippen LogP contribution in [0.3, 0.4) is 0 Å². The molecule has 118 valence electrons. The van der Waals surface area contributed by atoms with Crippen molar-refractivity contribution in [3.8, 4) is 0 Å². The normalized spacial score (nSPS) is 18.6. The smallest absolute Gasteiger partial charge is 0.246 e. The van der Waals surface area contributed by atoms with Crippen LogP contribution in [0.5, 0.6) is 0 Å². The first-order chi connectivity index (χ1) is 9.95. The number of nitrogens with one attached hydrogen (secondary N) is 1. The van der Waals surface area contributed by atoms with Gasteiger partial charge in [-0.1, -0.05) is 6.07 Å². The predicted octanol–water partition coefficient (Wildman–Crippen LogP) is 0.871. The first-order valence-electron chi connectivity index (χ1n) is 7.07. The highest BCUT2D eigenvalue weighted by Gasteiger charge is 2.28. The van der Waals surface area contributed by atoms with Gasteiger partial charge in [-0.15, -0.1) is 0 Å². The van der Waals surface area contributed by atoms with E-state index in [4.69, 9.17) is 0 Å². The first kappa shape index (κ1) is 16.4. The number of sulfonamides is 1. The molecule has 1 saturated heterocycles. The molecule has 1 aromatic carbocycles. The third kappa shape index (κ3) is 3.79. The number of benzene rings is 1. The summed E-state index contributed by atoms with van der Waals surface area (Å²) in [7, 11) is -0.0478. The third-order valence-corrected chi connectivity index (χ3v) is 5.59. The van der Waals surface area contributed by atoms with Gasteiger partial charge in [-0.05, 0) is 44.8 Å². The SMILES string of the molecule is CNCc1ccc(F)c(S(=O)(=O)N2CCCN(C)CC2)c1. The summed E-state index contributed by atoms with van der Waals surface area (Å²) in [5.41, 5.74) is 0.754. The lowest BCUT2D eigenvalue weighted by Crippen LogP contribution is -2.35. The Morgan fingerprint density at radius 3 is 2.71 bits per heavy atom. The predicted molar refractivity (Wildman–Crippen MR) is 80.0 cm³/mol. The van der Waals surface area contributed by atoms with Gasteiger partial charge in [0.05, 0.1) is 0 Å². The molecule has 0 unspecified atom stereocenters. The van der Waals surface area contributed by atoms with Gasteiger partial charge in [-0.2, -0.15) is 4.31 Å². The monoisotopic (exact) mass is 315 g/mol. The molecule has 0 atom stereocenters. The van der Waals surface area contributed by atoms with E-state index in [-0.39, 0.29) is 4.90 Å². The minimum atomic E-state index is -3.78. The molecule has 1 fully saturated rings. The lowest BCUT2D eigenvalue weighted by molar-refractivity contribution is 0.347. The summed E-state index contributed by atoms with van der Waals surface area (Å²) in [4.78, 5) is 1.86. The Morgan fingerprint density at radius 1 is 1.24 bits per heavy atom. The van der Waals surface area contributed by atoms with Crippen LogP contribution in [0, 0.1) is 5.82 Å². The van der Waals surface area contributed by atoms with Crippen LogP contribution in [0.2, 0.25) is 0 Å². The fourth-order valence-corrected chi connectivity index (χ4v) is 4.05. The second-order valence-electron chi connectivity index (χ2n) is 5.36. The summed E-state index contributed by atoms with van der Waals surface area (Å²) < 4.78 is 40.7. The summed E-state index contributed by atoms with van der Waals surface area (Å²) in [5.74, 6) is -0.688. The highest BCUT2D eigenvalue weighted by molar-refractivity contribution is 7.89. The van der Waals surface area contributed by atoms with Gasteiger partial charge in [0.2, 0.25) is 10.0 Å². The van der Waals surface area contributed by atoms with Gasteiger partial charge >= 0.3 is 0 Å². The lowest BCUT2D eigenvalue weighted by Gasteiger charge is -2.21. The summed E-state index contributed by atoms with van der Waals surface area (Å²) in [5, 5.41) is 2.94. The van der Waals surface area contributed by atoms with Crippen LogP contribution in [0.1, 0.15) is 12.0 Å². The first-order valence-corrected chi connectivity index (χ1v) is 8.51. The van der Waals surface area contributed by atoms with Crippen molar-refractivity contribution in [3.63, 3.8) is 0 Å². The molecule has 21 heavy (non-hydrogen) atoms. The number of halogens is 1. The molecule has 0 spiro atoms. The van der Waals surface area contributed by atoms with E-state index in [1.54, 1.807) is 13.1 Å². The van der Waals surface area contributed by atoms with Gasteiger partial charge in [0, 0.05) is 26.2 Å². The van der Waals surface area contributed by atoms with Crippen LogP contribution in [-0.2, 0) is 16.6 Å². The molecule has 0 amide bonds. The van der Waals surface area contributed by atoms with E-state index in [1.807, 2.05) is 7.05 Å². The molecule has 1 aromatic rings. The van der Waals surface area contributed by atoms with E-state index in [0.29, 0.717) is 26.2 Å². The van der Waals surface area contributed by atoms with Crippen molar-refractivity contribution in [3.05, 3.63) is 29.6 Å². The van der Waals surface area contributed by atoms with E-state index in [9.17, 15) is 12.8 Å². The zero-order chi connectivity index (χ0) is 15.5. The number of rotatable bonds is 4. The van der Waals surface area contributed by atoms with Crippen LogP contribution in [0.15, 0.2) is 23.1 Å². The van der Waals surface area contributed by atoms with Crippen LogP contribution in [0.4, 0.5) is 4.39 Å². The molecule has 1 aliphatic rings. The Hall–Kier alpha value is -1.02. The lowest BCUT2D eigenvalue weighted by atomic mass is 10.2. The molecule has 1 heterocycles. The molecule has 2 rings (SSSR count). The fourth-order valence-electron chi connectivity index (χ4n) is 2.46. The van der Waals surface area contributed by atoms with Crippen LogP contribution >= 0.6 is 0 Å². The zero-order valence-corrected chi connectivity index (χ0v) is 13.3. The highest BCUT2D eigenvalue weighted by atomic mass is 32.2. The largest absolute Gasteiger partial charge is 0.316 e. The Bertz CT molecular complexity index is 592. The maximum atomic E-state index is 14.0. The van der Waals surface area contributed by atoms with E-state index in [2.05, 4.69) is 10.2 Å². The summed E-state index contributed by atoms with van der Waals surface area (Å²) >= 11 is 0. The topological polar surface area (TPSA) is 52.7 Å². The maximum Gasteiger partial charge on any atom is 0.246 e. The van der Waals surface area contributed by atoms with Crippen molar-refractivity contribution in [2.75, 3.05) is 40.3 Å². The highest BCUT2D eigenvalue weighted by Crippen LogP contribution is 2.22. The van der Waals surface area contributed by atoms with Gasteiger partial charge in [0.15, 0.2) is 0 Å². The van der Waals surface area contributed by atoms with E-state index in [1.165, 1.54) is 16.4 Å². The van der Waals surface area contributed by atoms with Crippen LogP contribution in [-0.4, -0.2) is 57.9 Å². The quantitative estimate of drug-likeness (QED) is 0.896. The van der Waals surface area contributed by atoms with Crippen molar-refractivity contribution < 1.29 is 12.8 Å². The van der Waals surface area contributed by atoms with E-state index < -0.39 is 15.8 Å². The minimum absolute atomic E-state index is 0.222. The van der Waals surface area contributed by atoms with Gasteiger partial charge in [-0.3, -0.25) is 0 Å².